The third kappa shape index (κ3) is 6.98. The summed E-state index contributed by atoms with van der Waals surface area (Å²) in [6.45, 7) is 0.535. The van der Waals surface area contributed by atoms with Crippen molar-refractivity contribution in [2.45, 2.75) is 6.10 Å². The second-order valence-corrected chi connectivity index (χ2v) is 7.93. The third-order valence-electron chi connectivity index (χ3n) is 4.61. The van der Waals surface area contributed by atoms with E-state index in [0.29, 0.717) is 29.4 Å². The number of thioether (sulfide) groups is 1. The predicted molar refractivity (Wildman–Crippen MR) is 126 cm³/mol. The van der Waals surface area contributed by atoms with E-state index in [1.165, 1.54) is 11.8 Å². The van der Waals surface area contributed by atoms with Gasteiger partial charge in [-0.1, -0.05) is 60.7 Å². The Morgan fingerprint density at radius 2 is 1.45 bits per heavy atom. The number of amides is 2. The van der Waals surface area contributed by atoms with Crippen LogP contribution in [0.1, 0.15) is 27.6 Å². The fraction of sp³-hybridized carbons (Fsp3) is 0.200. The van der Waals surface area contributed by atoms with Crippen LogP contribution in [0.5, 0.6) is 0 Å². The highest BCUT2D eigenvalue weighted by Crippen LogP contribution is 2.26. The van der Waals surface area contributed by atoms with Gasteiger partial charge in [-0.2, -0.15) is 0 Å². The first-order valence-corrected chi connectivity index (χ1v) is 11.2. The maximum Gasteiger partial charge on any atom is 0.251 e. The SMILES string of the molecule is CNC(=O)c1ccc(NC(=O)CSCCOC(c2ccccc2)c2ccccc2)cc1. The summed E-state index contributed by atoms with van der Waals surface area (Å²) >= 11 is 1.52. The first-order valence-electron chi connectivity index (χ1n) is 10.1. The standard InChI is InChI=1S/C25H26N2O3S/c1-26-25(29)21-12-14-22(15-13-21)27-23(28)18-31-17-16-30-24(19-8-4-2-5-9-19)20-10-6-3-7-11-20/h2-15,24H,16-18H2,1H3,(H,26,29)(H,27,28). The van der Waals surface area contributed by atoms with Gasteiger partial charge in [0, 0.05) is 24.1 Å². The zero-order chi connectivity index (χ0) is 21.9. The quantitative estimate of drug-likeness (QED) is 0.460. The molecule has 0 aliphatic carbocycles. The molecular weight excluding hydrogens is 408 g/mol. The van der Waals surface area contributed by atoms with E-state index >= 15 is 0 Å². The minimum absolute atomic E-state index is 0.0830. The summed E-state index contributed by atoms with van der Waals surface area (Å²) in [7, 11) is 1.58. The predicted octanol–water partition coefficient (Wildman–Crippen LogP) is 4.52. The highest BCUT2D eigenvalue weighted by Gasteiger charge is 2.14. The minimum Gasteiger partial charge on any atom is -0.368 e. The van der Waals surface area contributed by atoms with Crippen molar-refractivity contribution in [3.63, 3.8) is 0 Å². The van der Waals surface area contributed by atoms with E-state index in [2.05, 4.69) is 34.9 Å². The topological polar surface area (TPSA) is 67.4 Å². The molecule has 0 unspecified atom stereocenters. The summed E-state index contributed by atoms with van der Waals surface area (Å²) in [6.07, 6.45) is -0.129. The Labute approximate surface area is 187 Å². The molecule has 2 N–H and O–H groups in total. The van der Waals surface area contributed by atoms with E-state index in [0.717, 1.165) is 11.1 Å². The molecule has 31 heavy (non-hydrogen) atoms. The molecule has 0 atom stereocenters. The lowest BCUT2D eigenvalue weighted by Gasteiger charge is -2.19. The molecule has 3 aromatic rings. The van der Waals surface area contributed by atoms with E-state index in [4.69, 9.17) is 4.74 Å². The summed E-state index contributed by atoms with van der Waals surface area (Å²) in [5, 5.41) is 5.41. The Balaban J connectivity index is 1.44. The highest BCUT2D eigenvalue weighted by molar-refractivity contribution is 7.99. The van der Waals surface area contributed by atoms with Crippen molar-refractivity contribution in [2.24, 2.45) is 0 Å². The van der Waals surface area contributed by atoms with E-state index in [-0.39, 0.29) is 17.9 Å². The van der Waals surface area contributed by atoms with Gasteiger partial charge in [-0.3, -0.25) is 9.59 Å². The number of hydrogen-bond donors (Lipinski definition) is 2. The number of ether oxygens (including phenoxy) is 1. The second-order valence-electron chi connectivity index (χ2n) is 6.83. The van der Waals surface area contributed by atoms with Crippen LogP contribution in [0.25, 0.3) is 0 Å². The molecule has 0 radical (unpaired) electrons. The van der Waals surface area contributed by atoms with Crippen LogP contribution >= 0.6 is 11.8 Å². The van der Waals surface area contributed by atoms with E-state index in [9.17, 15) is 9.59 Å². The molecule has 3 aromatic carbocycles. The maximum atomic E-state index is 12.2. The smallest absolute Gasteiger partial charge is 0.251 e. The fourth-order valence-corrected chi connectivity index (χ4v) is 3.69. The summed E-state index contributed by atoms with van der Waals surface area (Å²) in [4.78, 5) is 23.7. The molecule has 0 saturated carbocycles. The van der Waals surface area contributed by atoms with Crippen molar-refractivity contribution in [1.82, 2.24) is 5.32 Å². The van der Waals surface area contributed by atoms with E-state index in [1.807, 2.05) is 36.4 Å². The number of benzene rings is 3. The van der Waals surface area contributed by atoms with Crippen LogP contribution in [0.15, 0.2) is 84.9 Å². The summed E-state index contributed by atoms with van der Waals surface area (Å²) in [5.74, 6) is 0.805. The van der Waals surface area contributed by atoms with Crippen LogP contribution in [0, 0.1) is 0 Å². The van der Waals surface area contributed by atoms with Gasteiger partial charge in [-0.25, -0.2) is 0 Å². The monoisotopic (exact) mass is 434 g/mol. The molecule has 0 aliphatic heterocycles. The molecule has 0 fully saturated rings. The first-order chi connectivity index (χ1) is 15.2. The van der Waals surface area contributed by atoms with Crippen LogP contribution in [-0.2, 0) is 9.53 Å². The number of carbonyl (C=O) groups excluding carboxylic acids is 2. The molecule has 5 nitrogen and oxygen atoms in total. The largest absolute Gasteiger partial charge is 0.368 e. The molecule has 0 spiro atoms. The van der Waals surface area contributed by atoms with Crippen molar-refractivity contribution in [1.29, 1.82) is 0 Å². The molecule has 2 amide bonds. The Bertz CT molecular complexity index is 924. The minimum atomic E-state index is -0.155. The van der Waals surface area contributed by atoms with Crippen molar-refractivity contribution < 1.29 is 14.3 Å². The molecule has 0 heterocycles. The van der Waals surface area contributed by atoms with Gasteiger partial charge < -0.3 is 15.4 Å². The number of rotatable bonds is 10. The number of nitrogens with one attached hydrogen (secondary N) is 2. The molecule has 6 heteroatoms. The van der Waals surface area contributed by atoms with E-state index in [1.54, 1.807) is 31.3 Å². The molecular formula is C25H26N2O3S. The van der Waals surface area contributed by atoms with Gasteiger partial charge in [0.1, 0.15) is 6.10 Å². The summed E-state index contributed by atoms with van der Waals surface area (Å²) in [5.41, 5.74) is 3.44. The van der Waals surface area contributed by atoms with Gasteiger partial charge in [-0.05, 0) is 35.4 Å². The van der Waals surface area contributed by atoms with Crippen molar-refractivity contribution in [3.8, 4) is 0 Å². The molecule has 0 bridgehead atoms. The zero-order valence-corrected chi connectivity index (χ0v) is 18.2. The van der Waals surface area contributed by atoms with Gasteiger partial charge in [-0.15, -0.1) is 11.8 Å². The second kappa shape index (κ2) is 11.9. The highest BCUT2D eigenvalue weighted by atomic mass is 32.2. The molecule has 0 aliphatic rings. The number of hydrogen-bond acceptors (Lipinski definition) is 4. The van der Waals surface area contributed by atoms with Crippen LogP contribution in [0.2, 0.25) is 0 Å². The lowest BCUT2D eigenvalue weighted by molar-refractivity contribution is -0.113. The Hall–Kier alpha value is -3.09. The summed E-state index contributed by atoms with van der Waals surface area (Å²) < 4.78 is 6.17. The average Bonchev–Trinajstić information content (AvgIpc) is 2.82. The van der Waals surface area contributed by atoms with Gasteiger partial charge >= 0.3 is 0 Å². The summed E-state index contributed by atoms with van der Waals surface area (Å²) in [6, 6.07) is 27.1. The van der Waals surface area contributed by atoms with Gasteiger partial charge in [0.15, 0.2) is 0 Å². The number of carbonyl (C=O) groups is 2. The van der Waals surface area contributed by atoms with Gasteiger partial charge in [0.05, 0.1) is 12.4 Å². The van der Waals surface area contributed by atoms with Crippen molar-refractivity contribution in [3.05, 3.63) is 102 Å². The maximum absolute atomic E-state index is 12.2. The number of anilines is 1. The Morgan fingerprint density at radius 1 is 0.871 bits per heavy atom. The lowest BCUT2D eigenvalue weighted by Crippen LogP contribution is -2.18. The van der Waals surface area contributed by atoms with E-state index < -0.39 is 0 Å². The van der Waals surface area contributed by atoms with Crippen molar-refractivity contribution >= 4 is 29.3 Å². The zero-order valence-electron chi connectivity index (χ0n) is 17.4. The van der Waals surface area contributed by atoms with Crippen molar-refractivity contribution in [2.75, 3.05) is 30.5 Å². The van der Waals surface area contributed by atoms with Gasteiger partial charge in [0.2, 0.25) is 5.91 Å². The molecule has 3 rings (SSSR count). The van der Waals surface area contributed by atoms with Gasteiger partial charge in [0.25, 0.3) is 5.91 Å². The molecule has 160 valence electrons. The fourth-order valence-electron chi connectivity index (χ4n) is 3.08. The van der Waals surface area contributed by atoms with Crippen LogP contribution in [0.4, 0.5) is 5.69 Å². The average molecular weight is 435 g/mol. The molecule has 0 saturated heterocycles. The normalized spacial score (nSPS) is 10.6. The van der Waals surface area contributed by atoms with Crippen LogP contribution in [0.3, 0.4) is 0 Å². The Kier molecular flexibility index (Phi) is 8.70. The molecule has 0 aromatic heterocycles. The van der Waals surface area contributed by atoms with Crippen LogP contribution in [-0.4, -0.2) is 37.0 Å². The Morgan fingerprint density at radius 3 is 2.00 bits per heavy atom. The first kappa shape index (κ1) is 22.6. The lowest BCUT2D eigenvalue weighted by atomic mass is 10.0. The van der Waals surface area contributed by atoms with Crippen LogP contribution < -0.4 is 10.6 Å². The third-order valence-corrected chi connectivity index (χ3v) is 5.53.